The Morgan fingerprint density at radius 2 is 2.20 bits per heavy atom. The zero-order chi connectivity index (χ0) is 18.2. The molecule has 2 N–H and O–H groups in total. The molecule has 2 aromatic rings. The zero-order valence-electron chi connectivity index (χ0n) is 13.8. The van der Waals surface area contributed by atoms with Crippen molar-refractivity contribution in [2.45, 2.75) is 37.5 Å². The first-order valence-electron chi connectivity index (χ1n) is 8.15. The van der Waals surface area contributed by atoms with Gasteiger partial charge in [0.2, 0.25) is 10.0 Å². The standard InChI is InChI=1S/C16H20N2O5S2/c1-2-6-16(14(19)20)7-3-8-18(10-16)25(22,23)11-4-5-12-13(9-11)24-15(21)17-12/h4-5,9H,2-3,6-8,10H2,1H3,(H,17,21)(H,19,20)/t16-/m0/s1. The van der Waals surface area contributed by atoms with Gasteiger partial charge in [0.25, 0.3) is 0 Å². The van der Waals surface area contributed by atoms with E-state index in [0.29, 0.717) is 42.4 Å². The van der Waals surface area contributed by atoms with Gasteiger partial charge in [0.05, 0.1) is 20.5 Å². The van der Waals surface area contributed by atoms with Crippen LogP contribution in [0.5, 0.6) is 0 Å². The Morgan fingerprint density at radius 1 is 1.44 bits per heavy atom. The number of carbonyl (C=O) groups is 1. The number of sulfonamides is 1. The summed E-state index contributed by atoms with van der Waals surface area (Å²) in [5.41, 5.74) is -0.429. The summed E-state index contributed by atoms with van der Waals surface area (Å²) in [6.45, 7) is 2.20. The van der Waals surface area contributed by atoms with Gasteiger partial charge in [0, 0.05) is 13.1 Å². The molecule has 0 spiro atoms. The molecule has 0 amide bonds. The lowest BCUT2D eigenvalue weighted by Gasteiger charge is -2.39. The normalized spacial score (nSPS) is 22.3. The molecule has 0 saturated carbocycles. The molecule has 25 heavy (non-hydrogen) atoms. The number of aromatic amines is 1. The summed E-state index contributed by atoms with van der Waals surface area (Å²) in [7, 11) is -3.81. The van der Waals surface area contributed by atoms with Crippen molar-refractivity contribution in [1.29, 1.82) is 0 Å². The van der Waals surface area contributed by atoms with Crippen LogP contribution in [0.3, 0.4) is 0 Å². The number of H-pyrrole nitrogens is 1. The van der Waals surface area contributed by atoms with Crippen molar-refractivity contribution >= 4 is 37.5 Å². The maximum atomic E-state index is 13.0. The van der Waals surface area contributed by atoms with Crippen LogP contribution in [0, 0.1) is 5.41 Å². The van der Waals surface area contributed by atoms with Crippen molar-refractivity contribution in [2.24, 2.45) is 5.41 Å². The molecule has 0 unspecified atom stereocenters. The fourth-order valence-electron chi connectivity index (χ4n) is 3.49. The van der Waals surface area contributed by atoms with Crippen LogP contribution in [-0.2, 0) is 14.8 Å². The Balaban J connectivity index is 1.97. The molecule has 1 aliphatic rings. The molecule has 7 nitrogen and oxygen atoms in total. The van der Waals surface area contributed by atoms with E-state index in [0.717, 1.165) is 11.3 Å². The van der Waals surface area contributed by atoms with Crippen LogP contribution < -0.4 is 4.87 Å². The van der Waals surface area contributed by atoms with E-state index in [-0.39, 0.29) is 16.3 Å². The van der Waals surface area contributed by atoms with Crippen molar-refractivity contribution < 1.29 is 18.3 Å². The number of hydrogen-bond donors (Lipinski definition) is 2. The van der Waals surface area contributed by atoms with Crippen molar-refractivity contribution in [3.8, 4) is 0 Å². The van der Waals surface area contributed by atoms with E-state index in [4.69, 9.17) is 0 Å². The number of benzene rings is 1. The quantitative estimate of drug-likeness (QED) is 0.822. The highest BCUT2D eigenvalue weighted by atomic mass is 32.2. The Hall–Kier alpha value is -1.71. The number of nitrogens with one attached hydrogen (secondary N) is 1. The van der Waals surface area contributed by atoms with Crippen molar-refractivity contribution in [3.05, 3.63) is 27.9 Å². The predicted molar refractivity (Wildman–Crippen MR) is 95.4 cm³/mol. The smallest absolute Gasteiger partial charge is 0.310 e. The summed E-state index contributed by atoms with van der Waals surface area (Å²) in [5.74, 6) is -0.937. The van der Waals surface area contributed by atoms with Gasteiger partial charge < -0.3 is 10.1 Å². The molecule has 1 aromatic heterocycles. The minimum Gasteiger partial charge on any atom is -0.481 e. The first-order chi connectivity index (χ1) is 11.8. The van der Waals surface area contributed by atoms with Gasteiger partial charge in [-0.25, -0.2) is 8.42 Å². The molecule has 0 bridgehead atoms. The maximum absolute atomic E-state index is 13.0. The molecule has 136 valence electrons. The highest BCUT2D eigenvalue weighted by molar-refractivity contribution is 7.89. The summed E-state index contributed by atoms with van der Waals surface area (Å²) in [4.78, 5) is 25.7. The third-order valence-corrected chi connectivity index (χ3v) is 7.44. The third kappa shape index (κ3) is 3.23. The Labute approximate surface area is 149 Å². The van der Waals surface area contributed by atoms with Gasteiger partial charge in [-0.15, -0.1) is 0 Å². The Kier molecular flexibility index (Phi) is 4.74. The highest BCUT2D eigenvalue weighted by Gasteiger charge is 2.44. The second-order valence-corrected chi connectivity index (χ2v) is 9.40. The molecule has 0 aliphatic carbocycles. The molecule has 0 radical (unpaired) electrons. The first kappa shape index (κ1) is 18.1. The number of carboxylic acids is 1. The number of hydrogen-bond acceptors (Lipinski definition) is 5. The van der Waals surface area contributed by atoms with Gasteiger partial charge in [-0.1, -0.05) is 24.7 Å². The molecule has 1 fully saturated rings. The lowest BCUT2D eigenvalue weighted by molar-refractivity contribution is -0.151. The number of nitrogens with zero attached hydrogens (tertiary/aromatic N) is 1. The SMILES string of the molecule is CCC[C@]1(C(=O)O)CCCN(S(=O)(=O)c2ccc3[nH]c(=O)sc3c2)C1. The number of aromatic nitrogens is 1. The average molecular weight is 384 g/mol. The van der Waals surface area contributed by atoms with Crippen molar-refractivity contribution in [1.82, 2.24) is 9.29 Å². The molecule has 1 aromatic carbocycles. The summed E-state index contributed by atoms with van der Waals surface area (Å²) in [5, 5.41) is 9.66. The van der Waals surface area contributed by atoms with Gasteiger partial charge in [-0.3, -0.25) is 9.59 Å². The van der Waals surface area contributed by atoms with Crippen molar-refractivity contribution in [3.63, 3.8) is 0 Å². The van der Waals surface area contributed by atoms with Gasteiger partial charge in [0.1, 0.15) is 0 Å². The molecular weight excluding hydrogens is 364 g/mol. The van der Waals surface area contributed by atoms with Crippen LogP contribution >= 0.6 is 11.3 Å². The Bertz CT molecular complexity index is 958. The average Bonchev–Trinajstić information content (AvgIpc) is 2.94. The summed E-state index contributed by atoms with van der Waals surface area (Å²) >= 11 is 0.954. The van der Waals surface area contributed by atoms with Crippen LogP contribution in [-0.4, -0.2) is 41.9 Å². The zero-order valence-corrected chi connectivity index (χ0v) is 15.5. The van der Waals surface area contributed by atoms with Gasteiger partial charge >= 0.3 is 10.8 Å². The van der Waals surface area contributed by atoms with E-state index in [1.807, 2.05) is 6.92 Å². The number of rotatable bonds is 5. The first-order valence-corrected chi connectivity index (χ1v) is 10.4. The van der Waals surface area contributed by atoms with Crippen LogP contribution in [0.1, 0.15) is 32.6 Å². The topological polar surface area (TPSA) is 108 Å². The summed E-state index contributed by atoms with van der Waals surface area (Å²) in [6.07, 6.45) is 2.14. The number of fused-ring (bicyclic) bond motifs is 1. The van der Waals surface area contributed by atoms with Crippen molar-refractivity contribution in [2.75, 3.05) is 13.1 Å². The lowest BCUT2D eigenvalue weighted by Crippen LogP contribution is -2.49. The molecule has 2 heterocycles. The van der Waals surface area contributed by atoms with Crippen LogP contribution in [0.25, 0.3) is 10.2 Å². The largest absolute Gasteiger partial charge is 0.481 e. The van der Waals surface area contributed by atoms with Gasteiger partial charge in [-0.05, 0) is 37.5 Å². The van der Waals surface area contributed by atoms with Gasteiger partial charge in [-0.2, -0.15) is 4.31 Å². The number of carboxylic acid groups (broad SMARTS) is 1. The molecular formula is C16H20N2O5S2. The fraction of sp³-hybridized carbons (Fsp3) is 0.500. The van der Waals surface area contributed by atoms with E-state index >= 15 is 0 Å². The second-order valence-electron chi connectivity index (χ2n) is 6.45. The van der Waals surface area contributed by atoms with E-state index in [9.17, 15) is 23.1 Å². The highest BCUT2D eigenvalue weighted by Crippen LogP contribution is 2.37. The fourth-order valence-corrected chi connectivity index (χ4v) is 5.94. The minimum absolute atomic E-state index is 0.0140. The molecule has 3 rings (SSSR count). The molecule has 1 atom stereocenters. The lowest BCUT2D eigenvalue weighted by atomic mass is 9.77. The third-order valence-electron chi connectivity index (χ3n) is 4.75. The number of aliphatic carboxylic acids is 1. The molecule has 9 heteroatoms. The van der Waals surface area contributed by atoms with E-state index < -0.39 is 21.4 Å². The minimum atomic E-state index is -3.81. The van der Waals surface area contributed by atoms with Crippen LogP contribution in [0.4, 0.5) is 0 Å². The summed E-state index contributed by atoms with van der Waals surface area (Å²) in [6, 6.07) is 4.50. The number of piperidine rings is 1. The van der Waals surface area contributed by atoms with E-state index in [1.54, 1.807) is 6.07 Å². The number of thiazole rings is 1. The van der Waals surface area contributed by atoms with Crippen LogP contribution in [0.2, 0.25) is 0 Å². The maximum Gasteiger partial charge on any atom is 0.310 e. The van der Waals surface area contributed by atoms with Gasteiger partial charge in [0.15, 0.2) is 0 Å². The monoisotopic (exact) mass is 384 g/mol. The van der Waals surface area contributed by atoms with Crippen LogP contribution in [0.15, 0.2) is 27.9 Å². The molecule has 1 saturated heterocycles. The second kappa shape index (κ2) is 6.54. The summed E-state index contributed by atoms with van der Waals surface area (Å²) < 4.78 is 27.8. The predicted octanol–water partition coefficient (Wildman–Crippen LogP) is 2.25. The van der Waals surface area contributed by atoms with E-state index in [1.165, 1.54) is 16.4 Å². The Morgan fingerprint density at radius 3 is 2.88 bits per heavy atom. The molecule has 1 aliphatic heterocycles. The van der Waals surface area contributed by atoms with E-state index in [2.05, 4.69) is 4.98 Å².